The summed E-state index contributed by atoms with van der Waals surface area (Å²) in [6.07, 6.45) is 3.37. The van der Waals surface area contributed by atoms with Crippen LogP contribution in [0.3, 0.4) is 0 Å². The van der Waals surface area contributed by atoms with Crippen LogP contribution in [0.5, 0.6) is 6.01 Å². The predicted molar refractivity (Wildman–Crippen MR) is 78.4 cm³/mol. The first-order valence-corrected chi connectivity index (χ1v) is 6.76. The minimum absolute atomic E-state index is 0.0273. The van der Waals surface area contributed by atoms with Crippen LogP contribution in [0.1, 0.15) is 0 Å². The molecule has 2 rings (SSSR count). The van der Waals surface area contributed by atoms with Gasteiger partial charge in [-0.1, -0.05) is 0 Å². The van der Waals surface area contributed by atoms with Crippen molar-refractivity contribution in [2.24, 2.45) is 5.11 Å². The molecule has 1 heterocycles. The van der Waals surface area contributed by atoms with Crippen molar-refractivity contribution in [1.29, 1.82) is 5.53 Å². The lowest BCUT2D eigenvalue weighted by atomic mass is 10.3. The Hall–Kier alpha value is -2.42. The molecule has 0 aliphatic rings. The number of anilines is 1. The quantitative estimate of drug-likeness (QED) is 0.756. The van der Waals surface area contributed by atoms with Crippen LogP contribution < -0.4 is 10.1 Å². The molecule has 0 saturated carbocycles. The van der Waals surface area contributed by atoms with Gasteiger partial charge in [0.1, 0.15) is 18.1 Å². The second-order valence-electron chi connectivity index (χ2n) is 3.99. The Labute approximate surface area is 132 Å². The molecule has 0 unspecified atom stereocenters. The van der Waals surface area contributed by atoms with Crippen LogP contribution in [0.15, 0.2) is 52.1 Å². The molecular weight excluding hydrogens is 360 g/mol. The van der Waals surface area contributed by atoms with Crippen LogP contribution in [0.4, 0.5) is 14.5 Å². The molecule has 0 spiro atoms. The van der Waals surface area contributed by atoms with E-state index in [0.717, 1.165) is 12.4 Å². The van der Waals surface area contributed by atoms with Gasteiger partial charge < -0.3 is 10.1 Å². The number of hydrogen-bond donors (Lipinski definition) is 2. The third-order valence-electron chi connectivity index (χ3n) is 2.41. The average Bonchev–Trinajstić information content (AvgIpc) is 2.52. The summed E-state index contributed by atoms with van der Waals surface area (Å²) in [4.78, 5) is 7.23. The highest BCUT2D eigenvalue weighted by Crippen LogP contribution is 2.20. The SMILES string of the molecule is N=N/C(=C\Nc1ccc(F)c(Br)c1)COc1ncc(F)cn1. The standard InChI is InChI=1S/C13H10BrF2N5O/c14-11-3-9(1-2-12(11)16)18-6-10(21-17)7-22-13-19-4-8(15)5-20-13/h1-6,17-18H,7H2/b10-6-,21-17?. The van der Waals surface area contributed by atoms with Crippen molar-refractivity contribution in [1.82, 2.24) is 9.97 Å². The van der Waals surface area contributed by atoms with E-state index in [4.69, 9.17) is 10.3 Å². The zero-order valence-electron chi connectivity index (χ0n) is 11.1. The van der Waals surface area contributed by atoms with Crippen LogP contribution >= 0.6 is 15.9 Å². The van der Waals surface area contributed by atoms with Gasteiger partial charge in [0.2, 0.25) is 0 Å². The number of benzene rings is 1. The Morgan fingerprint density at radius 3 is 2.73 bits per heavy atom. The second-order valence-corrected chi connectivity index (χ2v) is 4.85. The fourth-order valence-corrected chi connectivity index (χ4v) is 1.75. The third kappa shape index (κ3) is 4.55. The average molecular weight is 370 g/mol. The highest BCUT2D eigenvalue weighted by atomic mass is 79.9. The van der Waals surface area contributed by atoms with Gasteiger partial charge in [-0.05, 0) is 34.1 Å². The molecule has 9 heteroatoms. The Morgan fingerprint density at radius 2 is 2.09 bits per heavy atom. The fraction of sp³-hybridized carbons (Fsp3) is 0.0769. The number of nitrogens with zero attached hydrogens (tertiary/aromatic N) is 3. The molecule has 0 bridgehead atoms. The van der Waals surface area contributed by atoms with Crippen molar-refractivity contribution in [2.75, 3.05) is 11.9 Å². The summed E-state index contributed by atoms with van der Waals surface area (Å²) in [5.41, 5.74) is 7.92. The molecule has 6 nitrogen and oxygen atoms in total. The van der Waals surface area contributed by atoms with Crippen LogP contribution in [0.25, 0.3) is 0 Å². The summed E-state index contributed by atoms with van der Waals surface area (Å²) >= 11 is 3.07. The number of rotatable bonds is 6. The van der Waals surface area contributed by atoms with E-state index < -0.39 is 5.82 Å². The van der Waals surface area contributed by atoms with E-state index in [0.29, 0.717) is 10.2 Å². The first kappa shape index (κ1) is 16.0. The first-order valence-electron chi connectivity index (χ1n) is 5.97. The van der Waals surface area contributed by atoms with Crippen molar-refractivity contribution >= 4 is 21.6 Å². The number of nitrogens with one attached hydrogen (secondary N) is 2. The van der Waals surface area contributed by atoms with Crippen LogP contribution in [-0.2, 0) is 0 Å². The van der Waals surface area contributed by atoms with E-state index in [2.05, 4.69) is 36.3 Å². The second kappa shape index (κ2) is 7.55. The van der Waals surface area contributed by atoms with Gasteiger partial charge in [0.15, 0.2) is 5.82 Å². The molecule has 1 aromatic carbocycles. The van der Waals surface area contributed by atoms with Crippen molar-refractivity contribution in [3.8, 4) is 6.01 Å². The fourth-order valence-electron chi connectivity index (χ4n) is 1.37. The number of hydrogen-bond acceptors (Lipinski definition) is 6. The maximum absolute atomic E-state index is 13.1. The number of ether oxygens (including phenoxy) is 1. The van der Waals surface area contributed by atoms with E-state index in [9.17, 15) is 8.78 Å². The molecule has 0 amide bonds. The first-order chi connectivity index (χ1) is 10.6. The minimum Gasteiger partial charge on any atom is -0.457 e. The molecule has 0 aliphatic carbocycles. The molecule has 2 aromatic rings. The molecule has 0 saturated heterocycles. The molecule has 2 N–H and O–H groups in total. The zero-order chi connectivity index (χ0) is 15.9. The lowest BCUT2D eigenvalue weighted by Crippen LogP contribution is -2.04. The van der Waals surface area contributed by atoms with Gasteiger partial charge >= 0.3 is 6.01 Å². The monoisotopic (exact) mass is 369 g/mol. The predicted octanol–water partition coefficient (Wildman–Crippen LogP) is 3.88. The lowest BCUT2D eigenvalue weighted by Gasteiger charge is -2.05. The maximum Gasteiger partial charge on any atom is 0.316 e. The summed E-state index contributed by atoms with van der Waals surface area (Å²) < 4.78 is 31.2. The summed E-state index contributed by atoms with van der Waals surface area (Å²) in [5, 5.41) is 6.14. The molecule has 114 valence electrons. The van der Waals surface area contributed by atoms with Gasteiger partial charge in [0, 0.05) is 11.9 Å². The molecule has 0 radical (unpaired) electrons. The zero-order valence-corrected chi connectivity index (χ0v) is 12.6. The van der Waals surface area contributed by atoms with Crippen LogP contribution in [0, 0.1) is 17.2 Å². The normalized spacial score (nSPS) is 11.1. The van der Waals surface area contributed by atoms with Gasteiger partial charge in [-0.3, -0.25) is 0 Å². The molecule has 0 fully saturated rings. The Bertz CT molecular complexity index is 693. The highest BCUT2D eigenvalue weighted by molar-refractivity contribution is 9.10. The minimum atomic E-state index is -0.572. The van der Waals surface area contributed by atoms with Crippen molar-refractivity contribution in [2.45, 2.75) is 0 Å². The van der Waals surface area contributed by atoms with Crippen molar-refractivity contribution in [3.05, 3.63) is 58.6 Å². The number of aromatic nitrogens is 2. The van der Waals surface area contributed by atoms with Gasteiger partial charge in [0.05, 0.1) is 16.9 Å². The van der Waals surface area contributed by atoms with E-state index in [1.54, 1.807) is 0 Å². The molecular formula is C13H10BrF2N5O. The highest BCUT2D eigenvalue weighted by Gasteiger charge is 2.03. The Kier molecular flexibility index (Phi) is 5.48. The Balaban J connectivity index is 1.96. The number of halogens is 3. The molecule has 22 heavy (non-hydrogen) atoms. The summed E-state index contributed by atoms with van der Waals surface area (Å²) in [5.74, 6) is -0.950. The summed E-state index contributed by atoms with van der Waals surface area (Å²) in [7, 11) is 0. The topological polar surface area (TPSA) is 83.2 Å². The van der Waals surface area contributed by atoms with E-state index in [1.807, 2.05) is 0 Å². The van der Waals surface area contributed by atoms with E-state index >= 15 is 0 Å². The molecule has 1 aromatic heterocycles. The van der Waals surface area contributed by atoms with E-state index in [1.165, 1.54) is 24.4 Å². The summed E-state index contributed by atoms with van der Waals surface area (Å²) in [6.45, 7) is -0.0789. The molecule has 0 atom stereocenters. The van der Waals surface area contributed by atoms with Crippen molar-refractivity contribution < 1.29 is 13.5 Å². The van der Waals surface area contributed by atoms with Crippen LogP contribution in [-0.4, -0.2) is 16.6 Å². The van der Waals surface area contributed by atoms with E-state index in [-0.39, 0.29) is 24.1 Å². The molecule has 0 aliphatic heterocycles. The largest absolute Gasteiger partial charge is 0.457 e. The van der Waals surface area contributed by atoms with Gasteiger partial charge in [-0.2, -0.15) is 5.11 Å². The van der Waals surface area contributed by atoms with Gasteiger partial charge in [-0.15, -0.1) is 0 Å². The van der Waals surface area contributed by atoms with Gasteiger partial charge in [0.25, 0.3) is 0 Å². The van der Waals surface area contributed by atoms with Gasteiger partial charge in [-0.25, -0.2) is 24.3 Å². The third-order valence-corrected chi connectivity index (χ3v) is 3.02. The maximum atomic E-state index is 13.1. The smallest absolute Gasteiger partial charge is 0.316 e. The Morgan fingerprint density at radius 1 is 1.36 bits per heavy atom. The lowest BCUT2D eigenvalue weighted by molar-refractivity contribution is 0.318. The summed E-state index contributed by atoms with van der Waals surface area (Å²) in [6, 6.07) is 4.33. The van der Waals surface area contributed by atoms with Crippen LogP contribution in [0.2, 0.25) is 0 Å². The van der Waals surface area contributed by atoms with Crippen molar-refractivity contribution in [3.63, 3.8) is 0 Å².